The van der Waals surface area contributed by atoms with E-state index in [1.165, 1.54) is 19.3 Å². The molecule has 210 valence electrons. The normalized spacial score (nSPS) is 13.2. The number of carbonyl (C=O) groups is 1. The Morgan fingerprint density at radius 1 is 0.951 bits per heavy atom. The minimum Gasteiger partial charge on any atom is -0.497 e. The number of ether oxygens (including phenoxy) is 3. The van der Waals surface area contributed by atoms with Gasteiger partial charge in [0.25, 0.3) is 0 Å². The molecule has 1 heterocycles. The third-order valence-electron chi connectivity index (χ3n) is 7.24. The summed E-state index contributed by atoms with van der Waals surface area (Å²) in [4.78, 5) is 11.8. The largest absolute Gasteiger partial charge is 0.497 e. The maximum absolute atomic E-state index is 11.8. The standard InChI is InChI=1S/C34H33ClN2O4/c1-3-40-34(38)20-15-28-22-33(37(36-28)29-7-5-4-6-8-29)25-11-16-30(17-12-25)41-23-26-21-31(39-2)18-19-32(26)24-9-13-27(35)14-10-24/h9-14,16-19,21-22,29H,3-8,23H2,1-2H3. The van der Waals surface area contributed by atoms with Crippen LogP contribution >= 0.6 is 11.6 Å². The molecule has 1 aliphatic rings. The number of esters is 1. The van der Waals surface area contributed by atoms with Crippen molar-refractivity contribution >= 4 is 17.6 Å². The quantitative estimate of drug-likeness (QED) is 0.160. The number of hydrogen-bond acceptors (Lipinski definition) is 5. The Labute approximate surface area is 246 Å². The summed E-state index contributed by atoms with van der Waals surface area (Å²) in [6, 6.07) is 24.1. The van der Waals surface area contributed by atoms with Crippen LogP contribution in [0.4, 0.5) is 0 Å². The first-order valence-corrected chi connectivity index (χ1v) is 14.4. The van der Waals surface area contributed by atoms with Crippen LogP contribution in [0.5, 0.6) is 11.5 Å². The zero-order chi connectivity index (χ0) is 28.6. The van der Waals surface area contributed by atoms with E-state index in [4.69, 9.17) is 30.9 Å². The molecular weight excluding hydrogens is 536 g/mol. The van der Waals surface area contributed by atoms with Crippen molar-refractivity contribution in [2.45, 2.75) is 51.7 Å². The molecule has 1 aliphatic carbocycles. The van der Waals surface area contributed by atoms with E-state index >= 15 is 0 Å². The molecule has 3 aromatic carbocycles. The number of carbonyl (C=O) groups excluding carboxylic acids is 1. The first-order chi connectivity index (χ1) is 20.0. The second kappa shape index (κ2) is 13.4. The first kappa shape index (κ1) is 28.3. The molecule has 1 fully saturated rings. The number of nitrogens with zero attached hydrogens (tertiary/aromatic N) is 2. The van der Waals surface area contributed by atoms with E-state index in [9.17, 15) is 4.79 Å². The van der Waals surface area contributed by atoms with Crippen molar-refractivity contribution in [3.8, 4) is 45.7 Å². The lowest BCUT2D eigenvalue weighted by Gasteiger charge is -2.24. The van der Waals surface area contributed by atoms with Gasteiger partial charge in [0.1, 0.15) is 23.8 Å². The Bertz CT molecular complexity index is 1540. The van der Waals surface area contributed by atoms with Gasteiger partial charge in [-0.15, -0.1) is 0 Å². The average molecular weight is 569 g/mol. The van der Waals surface area contributed by atoms with Crippen LogP contribution in [0.1, 0.15) is 56.3 Å². The summed E-state index contributed by atoms with van der Waals surface area (Å²) in [5, 5.41) is 5.48. The molecule has 0 aliphatic heterocycles. The lowest BCUT2D eigenvalue weighted by Crippen LogP contribution is -2.15. The molecular formula is C34H33ClN2O4. The summed E-state index contributed by atoms with van der Waals surface area (Å²) in [6.07, 6.45) is 5.78. The van der Waals surface area contributed by atoms with Crippen molar-refractivity contribution in [1.82, 2.24) is 9.78 Å². The Morgan fingerprint density at radius 2 is 1.66 bits per heavy atom. The Hall–Kier alpha value is -4.21. The van der Waals surface area contributed by atoms with E-state index in [1.54, 1.807) is 14.0 Å². The van der Waals surface area contributed by atoms with Crippen molar-refractivity contribution in [3.05, 3.63) is 89.1 Å². The predicted octanol–water partition coefficient (Wildman–Crippen LogP) is 7.88. The summed E-state index contributed by atoms with van der Waals surface area (Å²) in [6.45, 7) is 2.43. The highest BCUT2D eigenvalue weighted by Crippen LogP contribution is 2.34. The Morgan fingerprint density at radius 3 is 2.37 bits per heavy atom. The van der Waals surface area contributed by atoms with Crippen molar-refractivity contribution in [3.63, 3.8) is 0 Å². The number of halogens is 1. The van der Waals surface area contributed by atoms with E-state index in [0.29, 0.717) is 30.0 Å². The van der Waals surface area contributed by atoms with Crippen LogP contribution in [-0.2, 0) is 16.1 Å². The minimum absolute atomic E-state index is 0.296. The molecule has 0 saturated heterocycles. The molecule has 1 aromatic heterocycles. The molecule has 0 radical (unpaired) electrons. The molecule has 1 saturated carbocycles. The lowest BCUT2D eigenvalue weighted by atomic mass is 9.95. The minimum atomic E-state index is -0.543. The molecule has 0 bridgehead atoms. The number of aromatic nitrogens is 2. The maximum atomic E-state index is 11.8. The second-order valence-electron chi connectivity index (χ2n) is 9.96. The third-order valence-corrected chi connectivity index (χ3v) is 7.49. The maximum Gasteiger partial charge on any atom is 0.384 e. The van der Waals surface area contributed by atoms with Gasteiger partial charge in [-0.3, -0.25) is 4.68 Å². The lowest BCUT2D eigenvalue weighted by molar-refractivity contribution is -0.136. The Kier molecular flexibility index (Phi) is 9.28. The summed E-state index contributed by atoms with van der Waals surface area (Å²) in [5.41, 5.74) is 5.69. The fourth-order valence-electron chi connectivity index (χ4n) is 5.17. The summed E-state index contributed by atoms with van der Waals surface area (Å²) < 4.78 is 18.7. The average Bonchev–Trinajstić information content (AvgIpc) is 3.44. The highest BCUT2D eigenvalue weighted by atomic mass is 35.5. The van der Waals surface area contributed by atoms with Gasteiger partial charge in [-0.2, -0.15) is 5.10 Å². The first-order valence-electron chi connectivity index (χ1n) is 14.0. The van der Waals surface area contributed by atoms with E-state index in [-0.39, 0.29) is 0 Å². The van der Waals surface area contributed by atoms with E-state index in [0.717, 1.165) is 52.3 Å². The fraction of sp³-hybridized carbons (Fsp3) is 0.294. The van der Waals surface area contributed by atoms with Gasteiger partial charge < -0.3 is 14.2 Å². The van der Waals surface area contributed by atoms with Crippen LogP contribution in [0, 0.1) is 11.8 Å². The van der Waals surface area contributed by atoms with E-state index in [1.807, 2.05) is 72.8 Å². The van der Waals surface area contributed by atoms with Crippen LogP contribution in [0.15, 0.2) is 72.8 Å². The molecule has 0 spiro atoms. The number of methoxy groups -OCH3 is 1. The summed E-state index contributed by atoms with van der Waals surface area (Å²) in [7, 11) is 1.66. The molecule has 6 nitrogen and oxygen atoms in total. The van der Waals surface area contributed by atoms with Crippen molar-refractivity contribution < 1.29 is 19.0 Å². The third kappa shape index (κ3) is 7.11. The van der Waals surface area contributed by atoms with Gasteiger partial charge in [0.15, 0.2) is 0 Å². The summed E-state index contributed by atoms with van der Waals surface area (Å²) >= 11 is 6.10. The fourth-order valence-corrected chi connectivity index (χ4v) is 5.29. The summed E-state index contributed by atoms with van der Waals surface area (Å²) in [5.74, 6) is 6.41. The molecule has 0 amide bonds. The van der Waals surface area contributed by atoms with Crippen molar-refractivity contribution in [2.24, 2.45) is 0 Å². The van der Waals surface area contributed by atoms with Gasteiger partial charge >= 0.3 is 5.97 Å². The van der Waals surface area contributed by atoms with Crippen LogP contribution in [0.2, 0.25) is 5.02 Å². The highest BCUT2D eigenvalue weighted by Gasteiger charge is 2.21. The Balaban J connectivity index is 1.37. The topological polar surface area (TPSA) is 62.6 Å². The smallest absolute Gasteiger partial charge is 0.384 e. The van der Waals surface area contributed by atoms with Crippen molar-refractivity contribution in [2.75, 3.05) is 13.7 Å². The number of hydrogen-bond donors (Lipinski definition) is 0. The van der Waals surface area contributed by atoms with Crippen LogP contribution in [0.25, 0.3) is 22.4 Å². The van der Waals surface area contributed by atoms with Gasteiger partial charge in [-0.1, -0.05) is 49.1 Å². The van der Waals surface area contributed by atoms with Crippen LogP contribution in [0.3, 0.4) is 0 Å². The molecule has 5 rings (SSSR count). The zero-order valence-electron chi connectivity index (χ0n) is 23.4. The van der Waals surface area contributed by atoms with Gasteiger partial charge in [0.2, 0.25) is 0 Å². The monoisotopic (exact) mass is 568 g/mol. The molecule has 7 heteroatoms. The van der Waals surface area contributed by atoms with Gasteiger partial charge in [-0.25, -0.2) is 4.79 Å². The number of benzene rings is 3. The van der Waals surface area contributed by atoms with Gasteiger partial charge in [0, 0.05) is 28.1 Å². The molecule has 4 aromatic rings. The molecule has 0 unspecified atom stereocenters. The SMILES string of the molecule is CCOC(=O)C#Cc1cc(-c2ccc(OCc3cc(OC)ccc3-c3ccc(Cl)cc3)cc2)n(C2CCCCC2)n1. The van der Waals surface area contributed by atoms with E-state index in [2.05, 4.69) is 16.5 Å². The van der Waals surface area contributed by atoms with Crippen LogP contribution < -0.4 is 9.47 Å². The zero-order valence-corrected chi connectivity index (χ0v) is 24.1. The molecule has 0 atom stereocenters. The molecule has 0 N–H and O–H groups in total. The van der Waals surface area contributed by atoms with Crippen LogP contribution in [-0.4, -0.2) is 29.5 Å². The van der Waals surface area contributed by atoms with Gasteiger partial charge in [0.05, 0.1) is 25.5 Å². The van der Waals surface area contributed by atoms with Gasteiger partial charge in [-0.05, 0) is 85.3 Å². The second-order valence-corrected chi connectivity index (χ2v) is 10.4. The molecule has 41 heavy (non-hydrogen) atoms. The van der Waals surface area contributed by atoms with Crippen molar-refractivity contribution in [1.29, 1.82) is 0 Å². The van der Waals surface area contributed by atoms with E-state index < -0.39 is 5.97 Å². The highest BCUT2D eigenvalue weighted by molar-refractivity contribution is 6.30. The number of rotatable bonds is 8. The predicted molar refractivity (Wildman–Crippen MR) is 161 cm³/mol.